The van der Waals surface area contributed by atoms with Crippen LogP contribution < -0.4 is 0 Å². The number of benzene rings is 4. The summed E-state index contributed by atoms with van der Waals surface area (Å²) in [5.41, 5.74) is 0. The zero-order chi connectivity index (χ0) is 18.8. The van der Waals surface area contributed by atoms with Crippen molar-refractivity contribution in [3.05, 3.63) is 70.4 Å². The van der Waals surface area contributed by atoms with E-state index >= 15 is 0 Å². The zero-order valence-electron chi connectivity index (χ0n) is 16.0. The van der Waals surface area contributed by atoms with Gasteiger partial charge < -0.3 is 0 Å². The first kappa shape index (κ1) is 16.5. The maximum atomic E-state index is 2.40. The van der Waals surface area contributed by atoms with E-state index < -0.39 is 0 Å². The molecule has 0 radical (unpaired) electrons. The lowest BCUT2D eigenvalue weighted by atomic mass is 9.96. The number of rotatable bonds is 2. The third kappa shape index (κ3) is 2.35. The molecule has 136 valence electrons. The van der Waals surface area contributed by atoms with Gasteiger partial charge in [0.1, 0.15) is 0 Å². The normalized spacial score (nSPS) is 12.2. The molecule has 0 atom stereocenters. The number of thiophene rings is 2. The van der Waals surface area contributed by atoms with Crippen LogP contribution in [-0.2, 0) is 12.8 Å². The largest absolute Gasteiger partial charge is 0.140 e. The van der Waals surface area contributed by atoms with Gasteiger partial charge in [0.25, 0.3) is 0 Å². The number of aryl methyl sites for hydroxylation is 2. The highest BCUT2D eigenvalue weighted by Crippen LogP contribution is 2.38. The van der Waals surface area contributed by atoms with Crippen LogP contribution in [0.25, 0.3) is 52.5 Å². The Bertz CT molecular complexity index is 1410. The fraction of sp³-hybridized carbons (Fsp3) is 0.154. The number of hydrogen-bond acceptors (Lipinski definition) is 2. The molecular weight excluding hydrogens is 376 g/mol. The zero-order valence-corrected chi connectivity index (χ0v) is 17.6. The predicted octanol–water partition coefficient (Wildman–Crippen LogP) is 8.70. The van der Waals surface area contributed by atoms with Crippen molar-refractivity contribution in [2.45, 2.75) is 26.7 Å². The van der Waals surface area contributed by atoms with E-state index in [1.807, 2.05) is 22.7 Å². The summed E-state index contributed by atoms with van der Waals surface area (Å²) in [6.07, 6.45) is 2.22. The van der Waals surface area contributed by atoms with Crippen molar-refractivity contribution in [2.75, 3.05) is 0 Å². The first-order valence-electron chi connectivity index (χ1n) is 9.97. The van der Waals surface area contributed by atoms with Gasteiger partial charge in [0.2, 0.25) is 0 Å². The van der Waals surface area contributed by atoms with Gasteiger partial charge in [0, 0.05) is 19.2 Å². The molecule has 0 aliphatic rings. The molecule has 0 aliphatic carbocycles. The topological polar surface area (TPSA) is 0 Å². The highest BCUT2D eigenvalue weighted by Gasteiger charge is 2.10. The van der Waals surface area contributed by atoms with Gasteiger partial charge >= 0.3 is 0 Å². The second kappa shape index (κ2) is 6.04. The summed E-state index contributed by atoms with van der Waals surface area (Å²) in [5.74, 6) is 0. The quantitative estimate of drug-likeness (QED) is 0.257. The van der Waals surface area contributed by atoms with Crippen molar-refractivity contribution in [3.63, 3.8) is 0 Å². The lowest BCUT2D eigenvalue weighted by molar-refractivity contribution is 1.19. The minimum absolute atomic E-state index is 1.11. The van der Waals surface area contributed by atoms with Gasteiger partial charge in [-0.1, -0.05) is 38.1 Å². The van der Waals surface area contributed by atoms with E-state index in [9.17, 15) is 0 Å². The molecule has 4 aromatic carbocycles. The summed E-state index contributed by atoms with van der Waals surface area (Å²) >= 11 is 3.85. The molecular formula is C26H20S2. The Labute approximate surface area is 172 Å². The maximum Gasteiger partial charge on any atom is 0.0352 e. The van der Waals surface area contributed by atoms with Crippen LogP contribution >= 0.6 is 22.7 Å². The van der Waals surface area contributed by atoms with E-state index in [0.29, 0.717) is 0 Å². The SMILES string of the molecule is CCc1cc2cc3c(ccc4c5cc6cc(CC)sc6cc5ccc34)cc2s1. The van der Waals surface area contributed by atoms with E-state index in [2.05, 4.69) is 74.5 Å². The van der Waals surface area contributed by atoms with Crippen molar-refractivity contribution in [3.8, 4) is 0 Å². The van der Waals surface area contributed by atoms with Gasteiger partial charge in [-0.2, -0.15) is 0 Å². The molecule has 0 saturated heterocycles. The highest BCUT2D eigenvalue weighted by atomic mass is 32.1. The highest BCUT2D eigenvalue weighted by molar-refractivity contribution is 7.19. The second-order valence-electron chi connectivity index (χ2n) is 7.58. The van der Waals surface area contributed by atoms with Crippen molar-refractivity contribution in [1.82, 2.24) is 0 Å². The minimum Gasteiger partial charge on any atom is -0.140 e. The summed E-state index contributed by atoms with van der Waals surface area (Å²) in [7, 11) is 0. The molecule has 0 unspecified atom stereocenters. The fourth-order valence-corrected chi connectivity index (χ4v) is 6.47. The molecule has 0 spiro atoms. The Morgan fingerprint density at radius 3 is 1.39 bits per heavy atom. The van der Waals surface area contributed by atoms with Crippen LogP contribution in [0.2, 0.25) is 0 Å². The first-order valence-corrected chi connectivity index (χ1v) is 11.6. The van der Waals surface area contributed by atoms with E-state index in [0.717, 1.165) is 12.8 Å². The summed E-state index contributed by atoms with van der Waals surface area (Å²) in [4.78, 5) is 2.93. The fourth-order valence-electron chi connectivity index (χ4n) is 4.40. The molecule has 28 heavy (non-hydrogen) atoms. The van der Waals surface area contributed by atoms with Gasteiger partial charge in [-0.3, -0.25) is 0 Å². The molecule has 6 aromatic rings. The summed E-state index contributed by atoms with van der Waals surface area (Å²) in [6.45, 7) is 4.47. The molecule has 0 nitrogen and oxygen atoms in total. The minimum atomic E-state index is 1.11. The van der Waals surface area contributed by atoms with E-state index in [-0.39, 0.29) is 0 Å². The van der Waals surface area contributed by atoms with Crippen molar-refractivity contribution in [1.29, 1.82) is 0 Å². The van der Waals surface area contributed by atoms with Gasteiger partial charge in [0.05, 0.1) is 0 Å². The average molecular weight is 397 g/mol. The van der Waals surface area contributed by atoms with E-state index in [1.54, 1.807) is 0 Å². The molecule has 2 heterocycles. The summed E-state index contributed by atoms with van der Waals surface area (Å²) < 4.78 is 2.80. The van der Waals surface area contributed by atoms with Crippen LogP contribution in [0.1, 0.15) is 23.6 Å². The Balaban J connectivity index is 1.71. The molecule has 0 bridgehead atoms. The standard InChI is InChI=1S/C26H20S2/c1-3-19-9-17-11-23-15(13-25(17)27-19)5-7-22-21(23)8-6-16-14-26-18(12-24(16)22)10-20(4-2)28-26/h5-14H,3-4H2,1-2H3. The molecule has 0 N–H and O–H groups in total. The molecule has 0 fully saturated rings. The van der Waals surface area contributed by atoms with Crippen LogP contribution in [0.15, 0.2) is 60.7 Å². The van der Waals surface area contributed by atoms with Crippen molar-refractivity contribution in [2.24, 2.45) is 0 Å². The van der Waals surface area contributed by atoms with Crippen molar-refractivity contribution < 1.29 is 0 Å². The Kier molecular flexibility index (Phi) is 3.56. The Hall–Kier alpha value is -2.42. The number of hydrogen-bond donors (Lipinski definition) is 0. The number of fused-ring (bicyclic) bond motifs is 7. The smallest absolute Gasteiger partial charge is 0.0352 e. The van der Waals surface area contributed by atoms with Crippen LogP contribution in [0.3, 0.4) is 0 Å². The van der Waals surface area contributed by atoms with Gasteiger partial charge in [0.15, 0.2) is 0 Å². The third-order valence-corrected chi connectivity index (χ3v) is 8.39. The second-order valence-corrected chi connectivity index (χ2v) is 9.92. The Morgan fingerprint density at radius 2 is 0.964 bits per heavy atom. The third-order valence-electron chi connectivity index (χ3n) is 5.91. The Morgan fingerprint density at radius 1 is 0.500 bits per heavy atom. The van der Waals surface area contributed by atoms with Gasteiger partial charge in [-0.25, -0.2) is 0 Å². The summed E-state index contributed by atoms with van der Waals surface area (Å²) in [6, 6.07) is 23.5. The van der Waals surface area contributed by atoms with Crippen LogP contribution in [0, 0.1) is 0 Å². The molecule has 2 heteroatoms. The van der Waals surface area contributed by atoms with Crippen LogP contribution in [0.5, 0.6) is 0 Å². The molecule has 0 aliphatic heterocycles. The monoisotopic (exact) mass is 396 g/mol. The van der Waals surface area contributed by atoms with Crippen LogP contribution in [-0.4, -0.2) is 0 Å². The van der Waals surface area contributed by atoms with E-state index in [4.69, 9.17) is 0 Å². The van der Waals surface area contributed by atoms with Gasteiger partial charge in [-0.15, -0.1) is 22.7 Å². The van der Waals surface area contributed by atoms with Gasteiger partial charge in [-0.05, 0) is 92.3 Å². The van der Waals surface area contributed by atoms with Crippen LogP contribution in [0.4, 0.5) is 0 Å². The lowest BCUT2D eigenvalue weighted by Gasteiger charge is -2.08. The molecule has 6 rings (SSSR count). The van der Waals surface area contributed by atoms with E-state index in [1.165, 1.54) is 62.2 Å². The lowest BCUT2D eigenvalue weighted by Crippen LogP contribution is -1.81. The molecule has 0 saturated carbocycles. The summed E-state index contributed by atoms with van der Waals surface area (Å²) in [5, 5.41) is 10.9. The molecule has 2 aromatic heterocycles. The molecule has 0 amide bonds. The predicted molar refractivity (Wildman–Crippen MR) is 128 cm³/mol. The van der Waals surface area contributed by atoms with Crippen molar-refractivity contribution >= 4 is 75.2 Å². The maximum absolute atomic E-state index is 2.40. The average Bonchev–Trinajstić information content (AvgIpc) is 3.32. The first-order chi connectivity index (χ1) is 13.7.